The molecule has 7 nitrogen and oxygen atoms in total. The molecule has 2 fully saturated rings. The highest BCUT2D eigenvalue weighted by Gasteiger charge is 2.29. The van der Waals surface area contributed by atoms with Crippen LogP contribution in [-0.2, 0) is 10.0 Å². The van der Waals surface area contributed by atoms with E-state index >= 15 is 0 Å². The van der Waals surface area contributed by atoms with Gasteiger partial charge in [-0.2, -0.15) is 4.31 Å². The lowest BCUT2D eigenvalue weighted by Gasteiger charge is -2.27. The van der Waals surface area contributed by atoms with Crippen molar-refractivity contribution in [3.05, 3.63) is 24.3 Å². The molecule has 8 heteroatoms. The second kappa shape index (κ2) is 8.37. The zero-order valence-electron chi connectivity index (χ0n) is 15.4. The van der Waals surface area contributed by atoms with Crippen LogP contribution in [0.3, 0.4) is 0 Å². The molecule has 2 saturated heterocycles. The van der Waals surface area contributed by atoms with Crippen LogP contribution in [0.25, 0.3) is 0 Å². The summed E-state index contributed by atoms with van der Waals surface area (Å²) in [7, 11) is -1.55. The third kappa shape index (κ3) is 4.36. The number of urea groups is 1. The molecular weight excluding hydrogens is 352 g/mol. The minimum Gasteiger partial charge on any atom is -0.323 e. The van der Waals surface area contributed by atoms with Crippen LogP contribution in [0.1, 0.15) is 25.7 Å². The summed E-state index contributed by atoms with van der Waals surface area (Å²) in [6, 6.07) is 6.46. The molecule has 0 radical (unpaired) electrons. The molecule has 0 atom stereocenters. The molecule has 2 aliphatic rings. The lowest BCUT2D eigenvalue weighted by atomic mass is 10.2. The van der Waals surface area contributed by atoms with E-state index in [4.69, 9.17) is 0 Å². The number of hydrogen-bond acceptors (Lipinski definition) is 4. The second-order valence-electron chi connectivity index (χ2n) is 7.03. The van der Waals surface area contributed by atoms with Crippen molar-refractivity contribution in [1.82, 2.24) is 14.1 Å². The third-order valence-electron chi connectivity index (χ3n) is 5.07. The van der Waals surface area contributed by atoms with E-state index in [1.54, 1.807) is 29.2 Å². The maximum atomic E-state index is 13.0. The molecule has 3 rings (SSSR count). The van der Waals surface area contributed by atoms with Crippen LogP contribution in [0, 0.1) is 0 Å². The lowest BCUT2D eigenvalue weighted by Crippen LogP contribution is -2.39. The van der Waals surface area contributed by atoms with Gasteiger partial charge in [0.1, 0.15) is 4.90 Å². The first-order chi connectivity index (χ1) is 12.5. The van der Waals surface area contributed by atoms with E-state index in [-0.39, 0.29) is 10.9 Å². The molecule has 26 heavy (non-hydrogen) atoms. The molecule has 0 spiro atoms. The van der Waals surface area contributed by atoms with Crippen LogP contribution in [0.4, 0.5) is 10.5 Å². The molecule has 0 saturated carbocycles. The Kier molecular flexibility index (Phi) is 6.16. The molecule has 0 aliphatic carbocycles. The number of piperidine rings is 1. The van der Waals surface area contributed by atoms with Crippen LogP contribution in [0.5, 0.6) is 0 Å². The number of carbonyl (C=O) groups excluding carboxylic acids is 1. The molecule has 2 amide bonds. The Labute approximate surface area is 156 Å². The minimum absolute atomic E-state index is 0.183. The highest BCUT2D eigenvalue weighted by molar-refractivity contribution is 7.89. The van der Waals surface area contributed by atoms with E-state index in [1.165, 1.54) is 4.31 Å². The fourth-order valence-electron chi connectivity index (χ4n) is 3.48. The van der Waals surface area contributed by atoms with Crippen molar-refractivity contribution in [3.63, 3.8) is 0 Å². The number of amides is 2. The van der Waals surface area contributed by atoms with E-state index in [2.05, 4.69) is 10.2 Å². The molecule has 144 valence electrons. The Bertz CT molecular complexity index is 732. The number of para-hydroxylation sites is 1. The summed E-state index contributed by atoms with van der Waals surface area (Å²) in [5.41, 5.74) is 0.362. The summed E-state index contributed by atoms with van der Waals surface area (Å²) in [5, 5.41) is 2.83. The van der Waals surface area contributed by atoms with E-state index < -0.39 is 10.0 Å². The zero-order chi connectivity index (χ0) is 18.6. The van der Waals surface area contributed by atoms with Gasteiger partial charge in [0, 0.05) is 32.7 Å². The molecular formula is C18H28N4O3S. The van der Waals surface area contributed by atoms with Gasteiger partial charge in [-0.05, 0) is 45.0 Å². The van der Waals surface area contributed by atoms with E-state index in [1.807, 2.05) is 7.05 Å². The lowest BCUT2D eigenvalue weighted by molar-refractivity contribution is 0.213. The van der Waals surface area contributed by atoms with E-state index in [0.29, 0.717) is 31.9 Å². The van der Waals surface area contributed by atoms with Gasteiger partial charge >= 0.3 is 6.03 Å². The summed E-state index contributed by atoms with van der Waals surface area (Å²) in [6.07, 6.45) is 3.75. The van der Waals surface area contributed by atoms with Crippen molar-refractivity contribution < 1.29 is 13.2 Å². The smallest absolute Gasteiger partial charge is 0.321 e. The SMILES string of the molecule is CN1CCCN(C(=O)Nc2ccccc2S(=O)(=O)N2CCCCC2)CC1. The van der Waals surface area contributed by atoms with Gasteiger partial charge in [0.25, 0.3) is 0 Å². The van der Waals surface area contributed by atoms with Crippen LogP contribution in [0.15, 0.2) is 29.2 Å². The summed E-state index contributed by atoms with van der Waals surface area (Å²) >= 11 is 0. The van der Waals surface area contributed by atoms with E-state index in [0.717, 1.165) is 38.8 Å². The summed E-state index contributed by atoms with van der Waals surface area (Å²) in [5.74, 6) is 0. The quantitative estimate of drug-likeness (QED) is 0.871. The Balaban J connectivity index is 1.77. The number of benzene rings is 1. The summed E-state index contributed by atoms with van der Waals surface area (Å²) in [6.45, 7) is 4.19. The standard InChI is InChI=1S/C18H28N4O3S/c1-20-10-7-11-21(15-14-20)18(23)19-16-8-3-4-9-17(16)26(24,25)22-12-5-2-6-13-22/h3-4,8-9H,2,5-7,10-15H2,1H3,(H,19,23). The van der Waals surface area contributed by atoms with Crippen LogP contribution < -0.4 is 5.32 Å². The molecule has 1 aromatic carbocycles. The second-order valence-corrected chi connectivity index (χ2v) is 8.94. The number of likely N-dealkylation sites (N-methyl/N-ethyl adjacent to an activating group) is 1. The zero-order valence-corrected chi connectivity index (χ0v) is 16.2. The number of nitrogens with zero attached hydrogens (tertiary/aromatic N) is 3. The molecule has 0 aromatic heterocycles. The fraction of sp³-hybridized carbons (Fsp3) is 0.611. The minimum atomic E-state index is -3.59. The number of carbonyl (C=O) groups is 1. The number of hydrogen-bond donors (Lipinski definition) is 1. The van der Waals surface area contributed by atoms with Gasteiger partial charge in [0.05, 0.1) is 5.69 Å². The Morgan fingerprint density at radius 2 is 1.65 bits per heavy atom. The van der Waals surface area contributed by atoms with Gasteiger partial charge in [-0.25, -0.2) is 13.2 Å². The molecule has 1 aromatic rings. The van der Waals surface area contributed by atoms with Crippen molar-refractivity contribution in [1.29, 1.82) is 0 Å². The molecule has 1 N–H and O–H groups in total. The molecule has 0 bridgehead atoms. The van der Waals surface area contributed by atoms with E-state index in [9.17, 15) is 13.2 Å². The Hall–Kier alpha value is -1.64. The fourth-order valence-corrected chi connectivity index (χ4v) is 5.15. The van der Waals surface area contributed by atoms with Crippen molar-refractivity contribution in [3.8, 4) is 0 Å². The average Bonchev–Trinajstić information content (AvgIpc) is 2.87. The number of sulfonamides is 1. The van der Waals surface area contributed by atoms with Crippen molar-refractivity contribution in [2.45, 2.75) is 30.6 Å². The van der Waals surface area contributed by atoms with Crippen molar-refractivity contribution in [2.75, 3.05) is 51.6 Å². The summed E-state index contributed by atoms with van der Waals surface area (Å²) in [4.78, 5) is 16.8. The number of anilines is 1. The highest BCUT2D eigenvalue weighted by atomic mass is 32.2. The molecule has 2 heterocycles. The van der Waals surface area contributed by atoms with Gasteiger partial charge in [0.15, 0.2) is 0 Å². The number of rotatable bonds is 3. The van der Waals surface area contributed by atoms with Crippen molar-refractivity contribution >= 4 is 21.7 Å². The molecule has 2 aliphatic heterocycles. The summed E-state index contributed by atoms with van der Waals surface area (Å²) < 4.78 is 27.6. The van der Waals surface area contributed by atoms with Gasteiger partial charge in [-0.1, -0.05) is 18.6 Å². The first-order valence-corrected chi connectivity index (χ1v) is 10.8. The maximum absolute atomic E-state index is 13.0. The van der Waals surface area contributed by atoms with Gasteiger partial charge < -0.3 is 15.1 Å². The largest absolute Gasteiger partial charge is 0.323 e. The maximum Gasteiger partial charge on any atom is 0.321 e. The Morgan fingerprint density at radius 1 is 0.923 bits per heavy atom. The highest BCUT2D eigenvalue weighted by Crippen LogP contribution is 2.27. The first-order valence-electron chi connectivity index (χ1n) is 9.32. The van der Waals surface area contributed by atoms with Gasteiger partial charge in [-0.3, -0.25) is 0 Å². The predicted molar refractivity (Wildman–Crippen MR) is 102 cm³/mol. The predicted octanol–water partition coefficient (Wildman–Crippen LogP) is 2.03. The topological polar surface area (TPSA) is 73.0 Å². The van der Waals surface area contributed by atoms with Crippen LogP contribution in [0.2, 0.25) is 0 Å². The Morgan fingerprint density at radius 3 is 2.42 bits per heavy atom. The third-order valence-corrected chi connectivity index (χ3v) is 7.03. The van der Waals surface area contributed by atoms with Gasteiger partial charge in [0.2, 0.25) is 10.0 Å². The normalized spacial score (nSPS) is 20.6. The molecule has 0 unspecified atom stereocenters. The average molecular weight is 381 g/mol. The van der Waals surface area contributed by atoms with Crippen LogP contribution >= 0.6 is 0 Å². The monoisotopic (exact) mass is 380 g/mol. The van der Waals surface area contributed by atoms with Gasteiger partial charge in [-0.15, -0.1) is 0 Å². The van der Waals surface area contributed by atoms with Crippen LogP contribution in [-0.4, -0.2) is 74.9 Å². The number of nitrogens with one attached hydrogen (secondary N) is 1. The first kappa shape index (κ1) is 19.1. The van der Waals surface area contributed by atoms with Crippen molar-refractivity contribution in [2.24, 2.45) is 0 Å².